The number of hydrogen-bond acceptors (Lipinski definition) is 4. The van der Waals surface area contributed by atoms with Gasteiger partial charge in [0.05, 0.1) is 12.8 Å². The highest BCUT2D eigenvalue weighted by Gasteiger charge is 2.33. The fraction of sp³-hybridized carbons (Fsp3) is 0.300. The van der Waals surface area contributed by atoms with Crippen LogP contribution >= 0.6 is 0 Å². The number of nitrogens with zero attached hydrogens (tertiary/aromatic N) is 1. The van der Waals surface area contributed by atoms with Crippen molar-refractivity contribution in [1.29, 1.82) is 0 Å². The van der Waals surface area contributed by atoms with Gasteiger partial charge in [0.2, 0.25) is 11.8 Å². The van der Waals surface area contributed by atoms with Gasteiger partial charge in [0.25, 0.3) is 6.43 Å². The van der Waals surface area contributed by atoms with E-state index >= 15 is 0 Å². The standard InChI is InChI=1S/C20H20F2N2O4/c1-24-16(8-10-18(24)25)20(26)23-15-11-14(7-9-17(15)27-2)28-13-5-3-12(4-6-13)19(21)22/h3-7,9,11,16,19H,8,10H2,1-2H3,(H,23,26)/t16-/m1/s1. The van der Waals surface area contributed by atoms with Crippen molar-refractivity contribution in [2.45, 2.75) is 25.3 Å². The average molecular weight is 390 g/mol. The van der Waals surface area contributed by atoms with Crippen LogP contribution < -0.4 is 14.8 Å². The predicted molar refractivity (Wildman–Crippen MR) is 98.9 cm³/mol. The van der Waals surface area contributed by atoms with E-state index in [0.29, 0.717) is 35.8 Å². The molecule has 6 nitrogen and oxygen atoms in total. The lowest BCUT2D eigenvalue weighted by Gasteiger charge is -2.20. The molecular formula is C20H20F2N2O4. The van der Waals surface area contributed by atoms with Crippen molar-refractivity contribution < 1.29 is 27.8 Å². The molecule has 1 aliphatic heterocycles. The molecule has 3 rings (SSSR count). The molecular weight excluding hydrogens is 370 g/mol. The van der Waals surface area contributed by atoms with Crippen LogP contribution in [0.3, 0.4) is 0 Å². The number of carbonyl (C=O) groups excluding carboxylic acids is 2. The number of likely N-dealkylation sites (tertiary alicyclic amines) is 1. The minimum atomic E-state index is -2.54. The zero-order chi connectivity index (χ0) is 20.3. The molecule has 2 aromatic carbocycles. The SMILES string of the molecule is COc1ccc(Oc2ccc(C(F)F)cc2)cc1NC(=O)[C@H]1CCC(=O)N1C. The number of likely N-dealkylation sites (N-methyl/N-ethyl adjacent to an activating group) is 1. The molecule has 0 saturated carbocycles. The van der Waals surface area contributed by atoms with Gasteiger partial charge in [0, 0.05) is 25.1 Å². The summed E-state index contributed by atoms with van der Waals surface area (Å²) in [6.07, 6.45) is -1.75. The van der Waals surface area contributed by atoms with Crippen molar-refractivity contribution in [2.24, 2.45) is 0 Å². The second kappa shape index (κ2) is 8.24. The lowest BCUT2D eigenvalue weighted by molar-refractivity contribution is -0.131. The third kappa shape index (κ3) is 4.21. The van der Waals surface area contributed by atoms with Crippen LogP contribution in [0.15, 0.2) is 42.5 Å². The number of carbonyl (C=O) groups is 2. The van der Waals surface area contributed by atoms with E-state index in [4.69, 9.17) is 9.47 Å². The molecule has 1 fully saturated rings. The first-order valence-electron chi connectivity index (χ1n) is 8.69. The topological polar surface area (TPSA) is 67.9 Å². The van der Waals surface area contributed by atoms with Crippen LogP contribution in [0.1, 0.15) is 24.8 Å². The first-order chi connectivity index (χ1) is 13.4. The molecule has 8 heteroatoms. The molecule has 0 aliphatic carbocycles. The molecule has 0 spiro atoms. The zero-order valence-electron chi connectivity index (χ0n) is 15.4. The molecule has 148 valence electrons. The van der Waals surface area contributed by atoms with Gasteiger partial charge < -0.3 is 19.7 Å². The number of amides is 2. The Morgan fingerprint density at radius 1 is 1.18 bits per heavy atom. The minimum Gasteiger partial charge on any atom is -0.495 e. The Kier molecular flexibility index (Phi) is 5.77. The van der Waals surface area contributed by atoms with Crippen LogP contribution in [-0.2, 0) is 9.59 Å². The van der Waals surface area contributed by atoms with Gasteiger partial charge in [-0.05, 0) is 42.8 Å². The molecule has 0 unspecified atom stereocenters. The summed E-state index contributed by atoms with van der Waals surface area (Å²) in [4.78, 5) is 25.6. The predicted octanol–water partition coefficient (Wildman–Crippen LogP) is 3.98. The van der Waals surface area contributed by atoms with Gasteiger partial charge >= 0.3 is 0 Å². The number of hydrogen-bond donors (Lipinski definition) is 1. The zero-order valence-corrected chi connectivity index (χ0v) is 15.4. The largest absolute Gasteiger partial charge is 0.495 e. The smallest absolute Gasteiger partial charge is 0.263 e. The summed E-state index contributed by atoms with van der Waals surface area (Å²) in [7, 11) is 3.07. The Bertz CT molecular complexity index is 871. The summed E-state index contributed by atoms with van der Waals surface area (Å²) in [6, 6.07) is 9.78. The molecule has 0 bridgehead atoms. The minimum absolute atomic E-state index is 0.0727. The van der Waals surface area contributed by atoms with E-state index in [2.05, 4.69) is 5.32 Å². The Morgan fingerprint density at radius 3 is 2.43 bits per heavy atom. The maximum atomic E-state index is 12.6. The van der Waals surface area contributed by atoms with Gasteiger partial charge in [0.15, 0.2) is 0 Å². The Balaban J connectivity index is 1.76. The van der Waals surface area contributed by atoms with E-state index in [9.17, 15) is 18.4 Å². The number of benzene rings is 2. The fourth-order valence-electron chi connectivity index (χ4n) is 2.99. The Labute approximate surface area is 161 Å². The monoisotopic (exact) mass is 390 g/mol. The fourth-order valence-corrected chi connectivity index (χ4v) is 2.99. The van der Waals surface area contributed by atoms with Crippen LogP contribution in [0.4, 0.5) is 14.5 Å². The van der Waals surface area contributed by atoms with Gasteiger partial charge in [-0.2, -0.15) is 0 Å². The van der Waals surface area contributed by atoms with E-state index in [-0.39, 0.29) is 17.4 Å². The lowest BCUT2D eigenvalue weighted by Crippen LogP contribution is -2.38. The molecule has 0 radical (unpaired) electrons. The van der Waals surface area contributed by atoms with Gasteiger partial charge in [-0.3, -0.25) is 9.59 Å². The first-order valence-corrected chi connectivity index (χ1v) is 8.69. The Hall–Kier alpha value is -3.16. The molecule has 2 aromatic rings. The number of halogens is 2. The van der Waals surface area contributed by atoms with Crippen molar-refractivity contribution in [1.82, 2.24) is 4.90 Å². The molecule has 1 N–H and O–H groups in total. The maximum absolute atomic E-state index is 12.6. The van der Waals surface area contributed by atoms with Crippen LogP contribution in [0.25, 0.3) is 0 Å². The van der Waals surface area contributed by atoms with E-state index < -0.39 is 12.5 Å². The second-order valence-corrected chi connectivity index (χ2v) is 6.38. The summed E-state index contributed by atoms with van der Waals surface area (Å²) in [6.45, 7) is 0. The highest BCUT2D eigenvalue weighted by atomic mass is 19.3. The second-order valence-electron chi connectivity index (χ2n) is 6.38. The lowest BCUT2D eigenvalue weighted by atomic mass is 10.2. The highest BCUT2D eigenvalue weighted by molar-refractivity contribution is 5.99. The molecule has 1 saturated heterocycles. The first kappa shape index (κ1) is 19.6. The summed E-state index contributed by atoms with van der Waals surface area (Å²) >= 11 is 0. The van der Waals surface area contributed by atoms with Crippen LogP contribution in [0.5, 0.6) is 17.2 Å². The van der Waals surface area contributed by atoms with Crippen LogP contribution in [-0.4, -0.2) is 36.9 Å². The van der Waals surface area contributed by atoms with Gasteiger partial charge in [-0.15, -0.1) is 0 Å². The molecule has 28 heavy (non-hydrogen) atoms. The van der Waals surface area contributed by atoms with Gasteiger partial charge in [-0.1, -0.05) is 0 Å². The average Bonchev–Trinajstić information content (AvgIpc) is 3.01. The van der Waals surface area contributed by atoms with Crippen LogP contribution in [0.2, 0.25) is 0 Å². The quantitative estimate of drug-likeness (QED) is 0.810. The van der Waals surface area contributed by atoms with Gasteiger partial charge in [0.1, 0.15) is 23.3 Å². The van der Waals surface area contributed by atoms with E-state index in [1.165, 1.54) is 36.3 Å². The summed E-state index contributed by atoms with van der Waals surface area (Å²) in [5.41, 5.74) is 0.298. The molecule has 1 heterocycles. The van der Waals surface area contributed by atoms with Crippen molar-refractivity contribution in [3.63, 3.8) is 0 Å². The third-order valence-corrected chi connectivity index (χ3v) is 4.59. The maximum Gasteiger partial charge on any atom is 0.263 e. The van der Waals surface area contributed by atoms with E-state index in [1.807, 2.05) is 0 Å². The van der Waals surface area contributed by atoms with Gasteiger partial charge in [-0.25, -0.2) is 8.78 Å². The summed E-state index contributed by atoms with van der Waals surface area (Å²) in [5.74, 6) is 0.826. The molecule has 0 aromatic heterocycles. The molecule has 2 amide bonds. The number of nitrogens with one attached hydrogen (secondary N) is 1. The molecule has 1 aliphatic rings. The van der Waals surface area contributed by atoms with E-state index in [0.717, 1.165) is 0 Å². The third-order valence-electron chi connectivity index (χ3n) is 4.59. The number of methoxy groups -OCH3 is 1. The van der Waals surface area contributed by atoms with Crippen molar-refractivity contribution in [2.75, 3.05) is 19.5 Å². The van der Waals surface area contributed by atoms with Crippen molar-refractivity contribution in [3.05, 3.63) is 48.0 Å². The molecule has 1 atom stereocenters. The summed E-state index contributed by atoms with van der Waals surface area (Å²) < 4.78 is 36.2. The van der Waals surface area contributed by atoms with Crippen molar-refractivity contribution in [3.8, 4) is 17.2 Å². The normalized spacial score (nSPS) is 16.4. The number of ether oxygens (including phenoxy) is 2. The number of alkyl halides is 2. The summed E-state index contributed by atoms with van der Waals surface area (Å²) in [5, 5.41) is 2.77. The number of anilines is 1. The Morgan fingerprint density at radius 2 is 1.86 bits per heavy atom. The van der Waals surface area contributed by atoms with E-state index in [1.54, 1.807) is 25.2 Å². The van der Waals surface area contributed by atoms with Crippen molar-refractivity contribution >= 4 is 17.5 Å². The number of rotatable bonds is 6. The highest BCUT2D eigenvalue weighted by Crippen LogP contribution is 2.33. The van der Waals surface area contributed by atoms with Crippen LogP contribution in [0, 0.1) is 0 Å².